The number of nitrogens with one attached hydrogen (secondary N) is 1. The minimum atomic E-state index is 0.588. The number of pyridine rings is 1. The van der Waals surface area contributed by atoms with Crippen molar-refractivity contribution < 1.29 is 9.47 Å². The normalized spacial score (nSPS) is 13.2. The molecular formula is C21H25N3O2. The second-order valence-electron chi connectivity index (χ2n) is 6.80. The summed E-state index contributed by atoms with van der Waals surface area (Å²) in [5.74, 6) is 2.53. The summed E-state index contributed by atoms with van der Waals surface area (Å²) in [6.07, 6.45) is 6.38. The molecule has 0 radical (unpaired) electrons. The lowest BCUT2D eigenvalue weighted by molar-refractivity contribution is 0.170. The average molecular weight is 351 g/mol. The van der Waals surface area contributed by atoms with Crippen molar-refractivity contribution in [3.8, 4) is 11.5 Å². The summed E-state index contributed by atoms with van der Waals surface area (Å²) in [6, 6.07) is 6.26. The van der Waals surface area contributed by atoms with E-state index in [0.29, 0.717) is 13.2 Å². The minimum absolute atomic E-state index is 0.588. The van der Waals surface area contributed by atoms with Gasteiger partial charge in [-0.2, -0.15) is 0 Å². The molecule has 0 saturated heterocycles. The van der Waals surface area contributed by atoms with Gasteiger partial charge in [0.1, 0.15) is 19.0 Å². The number of hydrogen-bond donors (Lipinski definition) is 1. The van der Waals surface area contributed by atoms with Crippen LogP contribution in [0.1, 0.15) is 30.9 Å². The number of anilines is 2. The quantitative estimate of drug-likeness (QED) is 0.705. The lowest BCUT2D eigenvalue weighted by atomic mass is 10.1. The van der Waals surface area contributed by atoms with Gasteiger partial charge in [0.2, 0.25) is 0 Å². The van der Waals surface area contributed by atoms with Crippen LogP contribution in [0.2, 0.25) is 0 Å². The van der Waals surface area contributed by atoms with Gasteiger partial charge in [-0.1, -0.05) is 13.3 Å². The Morgan fingerprint density at radius 1 is 1.19 bits per heavy atom. The largest absolute Gasteiger partial charge is 0.486 e. The Hall–Kier alpha value is -2.69. The molecule has 1 aliphatic heterocycles. The van der Waals surface area contributed by atoms with Crippen LogP contribution in [0.3, 0.4) is 0 Å². The van der Waals surface area contributed by atoms with Gasteiger partial charge in [0.15, 0.2) is 11.5 Å². The van der Waals surface area contributed by atoms with E-state index < -0.39 is 0 Å². The fraction of sp³-hybridized carbons (Fsp3) is 0.381. The Balaban J connectivity index is 1.73. The molecule has 3 heterocycles. The van der Waals surface area contributed by atoms with E-state index in [9.17, 15) is 0 Å². The van der Waals surface area contributed by atoms with E-state index >= 15 is 0 Å². The first-order valence-corrected chi connectivity index (χ1v) is 9.29. The Morgan fingerprint density at radius 3 is 2.88 bits per heavy atom. The Morgan fingerprint density at radius 2 is 2.04 bits per heavy atom. The lowest BCUT2D eigenvalue weighted by Crippen LogP contribution is -2.17. The maximum atomic E-state index is 5.83. The number of rotatable bonds is 5. The molecule has 1 N–H and O–H groups in total. The SMILES string of the molecule is CCCCn1ccc2c(Nc3c(C)cc4c(c3C)OCCO4)nccc21. The summed E-state index contributed by atoms with van der Waals surface area (Å²) in [6.45, 7) is 8.59. The molecule has 3 aromatic rings. The van der Waals surface area contributed by atoms with E-state index in [1.54, 1.807) is 0 Å². The lowest BCUT2D eigenvalue weighted by Gasteiger charge is -2.23. The first kappa shape index (κ1) is 16.8. The molecule has 2 aromatic heterocycles. The van der Waals surface area contributed by atoms with Crippen LogP contribution in [0.15, 0.2) is 30.6 Å². The molecule has 1 aliphatic rings. The highest BCUT2D eigenvalue weighted by molar-refractivity contribution is 5.92. The third-order valence-electron chi connectivity index (χ3n) is 4.96. The average Bonchev–Trinajstić information content (AvgIpc) is 3.07. The van der Waals surface area contributed by atoms with Gasteiger partial charge >= 0.3 is 0 Å². The molecule has 26 heavy (non-hydrogen) atoms. The molecule has 136 valence electrons. The van der Waals surface area contributed by atoms with Gasteiger partial charge in [-0.05, 0) is 44.0 Å². The second kappa shape index (κ2) is 6.90. The van der Waals surface area contributed by atoms with Crippen molar-refractivity contribution >= 4 is 22.4 Å². The summed E-state index contributed by atoms with van der Waals surface area (Å²) in [5.41, 5.74) is 4.43. The zero-order valence-electron chi connectivity index (χ0n) is 15.6. The number of aromatic nitrogens is 2. The number of ether oxygens (including phenoxy) is 2. The molecule has 0 saturated carbocycles. The van der Waals surface area contributed by atoms with Crippen LogP contribution in [0.25, 0.3) is 10.9 Å². The molecule has 1 aromatic carbocycles. The Kier molecular flexibility index (Phi) is 4.45. The van der Waals surface area contributed by atoms with Gasteiger partial charge in [0.05, 0.1) is 5.52 Å². The summed E-state index contributed by atoms with van der Waals surface area (Å²) >= 11 is 0. The highest BCUT2D eigenvalue weighted by Crippen LogP contribution is 2.41. The van der Waals surface area contributed by atoms with Crippen molar-refractivity contribution in [1.29, 1.82) is 0 Å². The van der Waals surface area contributed by atoms with Gasteiger partial charge in [-0.25, -0.2) is 4.98 Å². The number of nitrogens with zero attached hydrogens (tertiary/aromatic N) is 2. The van der Waals surface area contributed by atoms with E-state index in [1.165, 1.54) is 18.4 Å². The van der Waals surface area contributed by atoms with Crippen LogP contribution in [0.4, 0.5) is 11.5 Å². The van der Waals surface area contributed by atoms with Gasteiger partial charge in [-0.3, -0.25) is 0 Å². The fourth-order valence-corrected chi connectivity index (χ4v) is 3.57. The van der Waals surface area contributed by atoms with Crippen molar-refractivity contribution in [3.05, 3.63) is 41.7 Å². The van der Waals surface area contributed by atoms with Crippen molar-refractivity contribution in [1.82, 2.24) is 9.55 Å². The van der Waals surface area contributed by atoms with Crippen molar-refractivity contribution in [2.45, 2.75) is 40.2 Å². The van der Waals surface area contributed by atoms with E-state index in [-0.39, 0.29) is 0 Å². The highest BCUT2D eigenvalue weighted by Gasteiger charge is 2.20. The van der Waals surface area contributed by atoms with Crippen molar-refractivity contribution in [3.63, 3.8) is 0 Å². The molecule has 0 aliphatic carbocycles. The summed E-state index contributed by atoms with van der Waals surface area (Å²) in [7, 11) is 0. The molecule has 5 heteroatoms. The smallest absolute Gasteiger partial charge is 0.166 e. The summed E-state index contributed by atoms with van der Waals surface area (Å²) in [4.78, 5) is 4.59. The molecule has 0 bridgehead atoms. The molecule has 4 rings (SSSR count). The van der Waals surface area contributed by atoms with Crippen molar-refractivity contribution in [2.24, 2.45) is 0 Å². The molecule has 0 amide bonds. The maximum Gasteiger partial charge on any atom is 0.166 e. The third-order valence-corrected chi connectivity index (χ3v) is 4.96. The molecule has 0 spiro atoms. The molecule has 5 nitrogen and oxygen atoms in total. The fourth-order valence-electron chi connectivity index (χ4n) is 3.57. The molecule has 0 unspecified atom stereocenters. The predicted molar refractivity (Wildman–Crippen MR) is 105 cm³/mol. The van der Waals surface area contributed by atoms with E-state index in [1.807, 2.05) is 12.3 Å². The molecule has 0 fully saturated rings. The number of benzene rings is 1. The number of hydrogen-bond acceptors (Lipinski definition) is 4. The number of aryl methyl sites for hydroxylation is 2. The predicted octanol–water partition coefficient (Wildman–Crippen LogP) is 4.97. The summed E-state index contributed by atoms with van der Waals surface area (Å²) < 4.78 is 13.9. The molecule has 0 atom stereocenters. The van der Waals surface area contributed by atoms with Crippen LogP contribution in [0, 0.1) is 13.8 Å². The highest BCUT2D eigenvalue weighted by atomic mass is 16.6. The maximum absolute atomic E-state index is 5.83. The van der Waals surface area contributed by atoms with E-state index in [2.05, 4.69) is 54.0 Å². The minimum Gasteiger partial charge on any atom is -0.486 e. The van der Waals surface area contributed by atoms with Gasteiger partial charge in [0, 0.05) is 35.6 Å². The first-order chi connectivity index (χ1) is 12.7. The van der Waals surface area contributed by atoms with Crippen LogP contribution in [-0.2, 0) is 6.54 Å². The topological polar surface area (TPSA) is 48.3 Å². The van der Waals surface area contributed by atoms with E-state index in [0.717, 1.165) is 46.1 Å². The van der Waals surface area contributed by atoms with Gasteiger partial charge < -0.3 is 19.4 Å². The molecular weight excluding hydrogens is 326 g/mol. The van der Waals surface area contributed by atoms with Gasteiger partial charge in [-0.15, -0.1) is 0 Å². The van der Waals surface area contributed by atoms with E-state index in [4.69, 9.17) is 9.47 Å². The second-order valence-corrected chi connectivity index (χ2v) is 6.80. The standard InChI is InChI=1S/C21H25N3O2/c1-4-5-9-24-10-7-16-17(24)6-8-22-21(16)23-19-14(2)13-18-20(15(19)3)26-12-11-25-18/h6-8,10,13H,4-5,9,11-12H2,1-3H3,(H,22,23). The Bertz CT molecular complexity index is 946. The third kappa shape index (κ3) is 2.87. The van der Waals surface area contributed by atoms with Crippen LogP contribution in [-0.4, -0.2) is 22.8 Å². The zero-order chi connectivity index (χ0) is 18.1. The van der Waals surface area contributed by atoms with Crippen LogP contribution in [0.5, 0.6) is 11.5 Å². The van der Waals surface area contributed by atoms with Crippen LogP contribution >= 0.6 is 0 Å². The monoisotopic (exact) mass is 351 g/mol. The first-order valence-electron chi connectivity index (χ1n) is 9.29. The Labute approximate surface area is 153 Å². The number of unbranched alkanes of at least 4 members (excludes halogenated alkanes) is 1. The summed E-state index contributed by atoms with van der Waals surface area (Å²) in [5, 5.41) is 4.68. The zero-order valence-corrected chi connectivity index (χ0v) is 15.6. The van der Waals surface area contributed by atoms with Crippen molar-refractivity contribution in [2.75, 3.05) is 18.5 Å². The van der Waals surface area contributed by atoms with Gasteiger partial charge in [0.25, 0.3) is 0 Å². The number of fused-ring (bicyclic) bond motifs is 2. The van der Waals surface area contributed by atoms with Crippen LogP contribution < -0.4 is 14.8 Å².